The average molecular weight is 808 g/mol. The number of aliphatic hydroxyl groups excluding tert-OH is 1. The van der Waals surface area contributed by atoms with Gasteiger partial charge in [-0.2, -0.15) is 13.2 Å². The Labute approximate surface area is 323 Å². The molecule has 2 aromatic carbocycles. The van der Waals surface area contributed by atoms with Gasteiger partial charge in [-0.3, -0.25) is 28.9 Å². The Kier molecular flexibility index (Phi) is 15.7. The van der Waals surface area contributed by atoms with Crippen molar-refractivity contribution in [2.75, 3.05) is 32.8 Å². The molecule has 1 aliphatic heterocycles. The van der Waals surface area contributed by atoms with Gasteiger partial charge in [0, 0.05) is 50.1 Å². The van der Waals surface area contributed by atoms with Crippen LogP contribution in [0.4, 0.5) is 22.0 Å². The molecule has 0 saturated carbocycles. The first-order valence-electron chi connectivity index (χ1n) is 17.2. The van der Waals surface area contributed by atoms with Crippen LogP contribution >= 0.6 is 0 Å². The van der Waals surface area contributed by atoms with Crippen molar-refractivity contribution in [2.45, 2.75) is 52.0 Å². The minimum Gasteiger partial charge on any atom is -0.475 e. The normalized spacial score (nSPS) is 13.8. The summed E-state index contributed by atoms with van der Waals surface area (Å²) in [6.45, 7) is 4.42. The van der Waals surface area contributed by atoms with Crippen LogP contribution < -0.4 is 16.4 Å². The quantitative estimate of drug-likeness (QED) is 0.112. The third kappa shape index (κ3) is 13.0. The summed E-state index contributed by atoms with van der Waals surface area (Å²) in [6, 6.07) is 10.4. The van der Waals surface area contributed by atoms with Crippen LogP contribution in [0, 0.1) is 17.0 Å². The van der Waals surface area contributed by atoms with Crippen molar-refractivity contribution in [3.05, 3.63) is 89.9 Å². The molecule has 1 aliphatic rings. The summed E-state index contributed by atoms with van der Waals surface area (Å²) in [4.78, 5) is 77.7. The number of aliphatic carboxylic acids is 1. The molecule has 2 heterocycles. The Morgan fingerprint density at radius 3 is 2.14 bits per heavy atom. The van der Waals surface area contributed by atoms with E-state index < -0.39 is 84.0 Å². The highest BCUT2D eigenvalue weighted by molar-refractivity contribution is 6.12. The molecule has 6 N–H and O–H groups in total. The van der Waals surface area contributed by atoms with Crippen LogP contribution in [0.5, 0.6) is 0 Å². The third-order valence-corrected chi connectivity index (χ3v) is 8.28. The number of imide groups is 1. The Morgan fingerprint density at radius 2 is 1.58 bits per heavy atom. The Hall–Kier alpha value is -6.02. The van der Waals surface area contributed by atoms with E-state index in [2.05, 4.69) is 10.6 Å². The van der Waals surface area contributed by atoms with E-state index in [-0.39, 0.29) is 43.9 Å². The second-order valence-corrected chi connectivity index (χ2v) is 13.7. The predicted molar refractivity (Wildman–Crippen MR) is 192 cm³/mol. The number of carboxylic acid groups (broad SMARTS) is 1. The first-order valence-corrected chi connectivity index (χ1v) is 17.2. The van der Waals surface area contributed by atoms with E-state index in [0.717, 1.165) is 40.8 Å². The fourth-order valence-corrected chi connectivity index (χ4v) is 5.59. The number of benzene rings is 2. The van der Waals surface area contributed by atoms with Gasteiger partial charge in [-0.05, 0) is 35.6 Å². The lowest BCUT2D eigenvalue weighted by molar-refractivity contribution is -0.192. The summed E-state index contributed by atoms with van der Waals surface area (Å²) in [5.74, 6) is -6.63. The maximum atomic E-state index is 14.9. The summed E-state index contributed by atoms with van der Waals surface area (Å²) >= 11 is 0. The van der Waals surface area contributed by atoms with Crippen molar-refractivity contribution in [1.82, 2.24) is 30.0 Å². The van der Waals surface area contributed by atoms with Crippen LogP contribution in [0.1, 0.15) is 44.6 Å². The molecule has 0 spiro atoms. The van der Waals surface area contributed by atoms with E-state index in [1.165, 1.54) is 4.90 Å². The van der Waals surface area contributed by atoms with Gasteiger partial charge < -0.3 is 36.0 Å². The first kappa shape index (κ1) is 45.4. The number of nitrogens with two attached hydrogens (primary N) is 1. The number of aromatic nitrogens is 2. The standard InChI is InChI=1S/C35H41F2N7O6.C2HF3O2/c1-35(2,3)32(33-41-27(24-17-23(36)9-10-25(24)37)20-42(33)19-22-7-5-4-6-8-22)44(31(49)21-45)15-13-26(38)34(50)40-18-28(46)39-14-16-43-29(47)11-12-30(43)48;3-2(4,5)1(6)7/h4-12,17,20,26,32,45H,13-16,18-19,21,38H2,1-3H3,(H,39,46)(H,40,50);(H,6,7)/t26-,32?;/m0./s1. The molecule has 5 amide bonds. The van der Waals surface area contributed by atoms with Gasteiger partial charge in [0.05, 0.1) is 24.3 Å². The molecule has 0 bridgehead atoms. The lowest BCUT2D eigenvalue weighted by Gasteiger charge is -2.40. The van der Waals surface area contributed by atoms with E-state index in [0.29, 0.717) is 5.82 Å². The molecule has 2 atom stereocenters. The van der Waals surface area contributed by atoms with Gasteiger partial charge in [-0.1, -0.05) is 51.1 Å². The second kappa shape index (κ2) is 19.7. The summed E-state index contributed by atoms with van der Waals surface area (Å²) < 4.78 is 62.6. The van der Waals surface area contributed by atoms with E-state index in [1.807, 2.05) is 51.1 Å². The number of amides is 5. The number of alkyl halides is 3. The van der Waals surface area contributed by atoms with Crippen molar-refractivity contribution in [1.29, 1.82) is 0 Å². The molecule has 0 aliphatic carbocycles. The van der Waals surface area contributed by atoms with E-state index in [1.54, 1.807) is 10.8 Å². The average Bonchev–Trinajstić information content (AvgIpc) is 3.69. The highest BCUT2D eigenvalue weighted by Gasteiger charge is 2.39. The highest BCUT2D eigenvalue weighted by Crippen LogP contribution is 2.39. The van der Waals surface area contributed by atoms with E-state index in [9.17, 15) is 51.0 Å². The van der Waals surface area contributed by atoms with Crippen molar-refractivity contribution in [3.63, 3.8) is 0 Å². The van der Waals surface area contributed by atoms with E-state index >= 15 is 0 Å². The highest BCUT2D eigenvalue weighted by atomic mass is 19.4. The van der Waals surface area contributed by atoms with Crippen molar-refractivity contribution < 1.29 is 60.9 Å². The SMILES string of the molecule is CC(C)(C)C(c1nc(-c2cc(F)ccc2F)cn1Cc1ccccc1)N(CC[C@H](N)C(=O)NCC(=O)NCCN1C(=O)C=CC1=O)C(=O)CO.O=C(O)C(F)(F)F. The van der Waals surface area contributed by atoms with Crippen molar-refractivity contribution >= 4 is 35.5 Å². The van der Waals surface area contributed by atoms with Gasteiger partial charge in [0.15, 0.2) is 0 Å². The monoisotopic (exact) mass is 807 g/mol. The summed E-state index contributed by atoms with van der Waals surface area (Å²) in [7, 11) is 0. The molecule has 0 radical (unpaired) electrons. The van der Waals surface area contributed by atoms with Crippen LogP contribution in [-0.2, 0) is 35.3 Å². The van der Waals surface area contributed by atoms with Crippen LogP contribution in [0.25, 0.3) is 11.3 Å². The lowest BCUT2D eigenvalue weighted by atomic mass is 9.84. The Bertz CT molecular complexity index is 1950. The number of imidazole rings is 1. The number of carbonyl (C=O) groups excluding carboxylic acids is 5. The number of carboxylic acids is 1. The minimum absolute atomic E-state index is 0.0139. The zero-order valence-electron chi connectivity index (χ0n) is 31.1. The van der Waals surface area contributed by atoms with Crippen molar-refractivity contribution in [3.8, 4) is 11.3 Å². The topological polar surface area (TPSA) is 217 Å². The minimum atomic E-state index is -5.08. The number of nitrogens with one attached hydrogen (secondary N) is 2. The van der Waals surface area contributed by atoms with Crippen molar-refractivity contribution in [2.24, 2.45) is 11.1 Å². The lowest BCUT2D eigenvalue weighted by Crippen LogP contribution is -2.49. The van der Waals surface area contributed by atoms with E-state index in [4.69, 9.17) is 20.6 Å². The number of aliphatic hydroxyl groups is 1. The summed E-state index contributed by atoms with van der Waals surface area (Å²) in [5.41, 5.74) is 6.39. The second-order valence-electron chi connectivity index (χ2n) is 13.7. The number of halogens is 5. The molecule has 15 nitrogen and oxygen atoms in total. The van der Waals surface area contributed by atoms with Crippen LogP contribution in [0.15, 0.2) is 66.9 Å². The number of carbonyl (C=O) groups is 6. The molecule has 1 aromatic heterocycles. The molecule has 0 fully saturated rings. The summed E-state index contributed by atoms with van der Waals surface area (Å²) in [5, 5.41) is 22.1. The molecule has 308 valence electrons. The van der Waals surface area contributed by atoms with Gasteiger partial charge in [-0.25, -0.2) is 18.6 Å². The predicted octanol–water partition coefficient (Wildman–Crippen LogP) is 2.29. The first-order chi connectivity index (χ1) is 26.6. The molecule has 1 unspecified atom stereocenters. The smallest absolute Gasteiger partial charge is 0.475 e. The molecule has 3 aromatic rings. The number of hydrogen-bond donors (Lipinski definition) is 5. The van der Waals surface area contributed by atoms with Gasteiger partial charge in [0.1, 0.15) is 24.1 Å². The summed E-state index contributed by atoms with van der Waals surface area (Å²) in [6.07, 6.45) is -1.30. The van der Waals surface area contributed by atoms with Gasteiger partial charge in [0.2, 0.25) is 17.7 Å². The zero-order chi connectivity index (χ0) is 42.7. The van der Waals surface area contributed by atoms with Crippen LogP contribution in [-0.4, -0.2) is 110 Å². The molecular weight excluding hydrogens is 765 g/mol. The number of hydrogen-bond acceptors (Lipinski definition) is 9. The van der Waals surface area contributed by atoms with Gasteiger partial charge >= 0.3 is 12.1 Å². The molecular formula is C37H42F5N7O8. The van der Waals surface area contributed by atoms with Gasteiger partial charge in [0.25, 0.3) is 11.8 Å². The van der Waals surface area contributed by atoms with Crippen LogP contribution in [0.3, 0.4) is 0 Å². The van der Waals surface area contributed by atoms with Gasteiger partial charge in [-0.15, -0.1) is 0 Å². The molecule has 4 rings (SSSR count). The Morgan fingerprint density at radius 1 is 0.965 bits per heavy atom. The third-order valence-electron chi connectivity index (χ3n) is 8.28. The fraction of sp³-hybridized carbons (Fsp3) is 0.378. The number of rotatable bonds is 15. The molecule has 0 saturated heterocycles. The fourth-order valence-electron chi connectivity index (χ4n) is 5.59. The number of nitrogens with zero attached hydrogens (tertiary/aromatic N) is 4. The Balaban J connectivity index is 0.00000113. The molecule has 20 heteroatoms. The maximum Gasteiger partial charge on any atom is 0.490 e. The molecule has 57 heavy (non-hydrogen) atoms. The largest absolute Gasteiger partial charge is 0.490 e. The maximum absolute atomic E-state index is 14.9. The zero-order valence-corrected chi connectivity index (χ0v) is 31.1. The van der Waals surface area contributed by atoms with Crippen LogP contribution in [0.2, 0.25) is 0 Å².